The Bertz CT molecular complexity index is 568. The van der Waals surface area contributed by atoms with Crippen LogP contribution in [0.2, 0.25) is 0 Å². The predicted octanol–water partition coefficient (Wildman–Crippen LogP) is 2.51. The molecule has 0 bridgehead atoms. The highest BCUT2D eigenvalue weighted by atomic mass is 16.5. The van der Waals surface area contributed by atoms with Crippen LogP contribution in [0.25, 0.3) is 11.4 Å². The summed E-state index contributed by atoms with van der Waals surface area (Å²) in [6, 6.07) is 3.81. The average molecular weight is 259 g/mol. The number of benzene rings is 1. The molecule has 0 unspecified atom stereocenters. The van der Waals surface area contributed by atoms with Gasteiger partial charge in [0.1, 0.15) is 11.5 Å². The third-order valence-corrected chi connectivity index (χ3v) is 2.90. The minimum atomic E-state index is 0.606. The summed E-state index contributed by atoms with van der Waals surface area (Å²) >= 11 is 0. The molecule has 0 aliphatic heterocycles. The number of rotatable bonds is 4. The number of anilines is 1. The molecule has 19 heavy (non-hydrogen) atoms. The normalized spacial score (nSPS) is 10.1. The van der Waals surface area contributed by atoms with Gasteiger partial charge in [0.05, 0.1) is 37.9 Å². The molecule has 0 fully saturated rings. The van der Waals surface area contributed by atoms with Gasteiger partial charge in [-0.05, 0) is 24.6 Å². The summed E-state index contributed by atoms with van der Waals surface area (Å²) in [5.41, 5.74) is 2.68. The molecule has 100 valence electrons. The molecule has 5 heteroatoms. The van der Waals surface area contributed by atoms with Crippen molar-refractivity contribution < 1.29 is 9.47 Å². The third kappa shape index (κ3) is 2.59. The lowest BCUT2D eigenvalue weighted by Gasteiger charge is -2.12. The van der Waals surface area contributed by atoms with Gasteiger partial charge in [-0.3, -0.25) is 0 Å². The van der Waals surface area contributed by atoms with Crippen molar-refractivity contribution in [3.63, 3.8) is 0 Å². The van der Waals surface area contributed by atoms with E-state index < -0.39 is 0 Å². The molecule has 2 rings (SSSR count). The van der Waals surface area contributed by atoms with E-state index in [1.54, 1.807) is 26.6 Å². The van der Waals surface area contributed by atoms with Gasteiger partial charge in [0.15, 0.2) is 5.82 Å². The van der Waals surface area contributed by atoms with Gasteiger partial charge in [-0.1, -0.05) is 0 Å². The highest BCUT2D eigenvalue weighted by molar-refractivity contribution is 5.68. The summed E-state index contributed by atoms with van der Waals surface area (Å²) in [5.74, 6) is 2.13. The van der Waals surface area contributed by atoms with E-state index in [2.05, 4.69) is 15.3 Å². The molecule has 1 N–H and O–H groups in total. The van der Waals surface area contributed by atoms with Crippen molar-refractivity contribution in [2.75, 3.05) is 26.6 Å². The van der Waals surface area contributed by atoms with Gasteiger partial charge in [0.2, 0.25) is 0 Å². The van der Waals surface area contributed by atoms with Crippen molar-refractivity contribution in [1.82, 2.24) is 9.97 Å². The van der Waals surface area contributed by atoms with Crippen molar-refractivity contribution in [2.24, 2.45) is 0 Å². The third-order valence-electron chi connectivity index (χ3n) is 2.90. The molecule has 0 saturated carbocycles. The Balaban J connectivity index is 2.52. The number of ether oxygens (including phenoxy) is 2. The minimum Gasteiger partial charge on any atom is -0.496 e. The van der Waals surface area contributed by atoms with Gasteiger partial charge in [-0.15, -0.1) is 0 Å². The number of hydrogen-bond donors (Lipinski definition) is 1. The smallest absolute Gasteiger partial charge is 0.163 e. The van der Waals surface area contributed by atoms with Crippen LogP contribution in [0.5, 0.6) is 11.5 Å². The highest BCUT2D eigenvalue weighted by Gasteiger charge is 2.12. The van der Waals surface area contributed by atoms with Crippen LogP contribution in [0, 0.1) is 6.92 Å². The standard InChI is InChI=1S/C14H17N3O2/c1-9-5-13(19-4)11(6-12(9)18-3)14-16-7-10(15-2)8-17-14/h5-8,15H,1-4H3. The van der Waals surface area contributed by atoms with Gasteiger partial charge in [-0.25, -0.2) is 9.97 Å². The van der Waals surface area contributed by atoms with Crippen LogP contribution in [-0.2, 0) is 0 Å². The van der Waals surface area contributed by atoms with E-state index in [0.717, 1.165) is 28.3 Å². The van der Waals surface area contributed by atoms with Crippen LogP contribution in [-0.4, -0.2) is 31.2 Å². The quantitative estimate of drug-likeness (QED) is 0.914. The zero-order chi connectivity index (χ0) is 13.8. The van der Waals surface area contributed by atoms with Crippen molar-refractivity contribution >= 4 is 5.69 Å². The summed E-state index contributed by atoms with van der Waals surface area (Å²) in [4.78, 5) is 8.65. The molecule has 0 aliphatic carbocycles. The molecule has 5 nitrogen and oxygen atoms in total. The molecule has 1 aromatic heterocycles. The Morgan fingerprint density at radius 1 is 1.00 bits per heavy atom. The number of nitrogens with one attached hydrogen (secondary N) is 1. The number of hydrogen-bond acceptors (Lipinski definition) is 5. The first-order chi connectivity index (χ1) is 9.19. The molecular formula is C14H17N3O2. The number of aromatic nitrogens is 2. The monoisotopic (exact) mass is 259 g/mol. The number of nitrogens with zero attached hydrogens (tertiary/aromatic N) is 2. The molecule has 0 amide bonds. The zero-order valence-corrected chi connectivity index (χ0v) is 11.5. The van der Waals surface area contributed by atoms with Gasteiger partial charge in [-0.2, -0.15) is 0 Å². The van der Waals surface area contributed by atoms with Gasteiger partial charge < -0.3 is 14.8 Å². The van der Waals surface area contributed by atoms with Crippen LogP contribution < -0.4 is 14.8 Å². The van der Waals surface area contributed by atoms with Gasteiger partial charge in [0.25, 0.3) is 0 Å². The second-order valence-corrected chi connectivity index (χ2v) is 4.07. The lowest BCUT2D eigenvalue weighted by molar-refractivity contribution is 0.401. The molecule has 2 aromatic rings. The molecular weight excluding hydrogens is 242 g/mol. The summed E-state index contributed by atoms with van der Waals surface area (Å²) in [6.45, 7) is 1.97. The molecule has 0 spiro atoms. The van der Waals surface area contributed by atoms with E-state index in [9.17, 15) is 0 Å². The first-order valence-electron chi connectivity index (χ1n) is 5.92. The fourth-order valence-electron chi connectivity index (χ4n) is 1.82. The molecule has 0 saturated heterocycles. The maximum atomic E-state index is 5.39. The molecule has 1 aromatic carbocycles. The summed E-state index contributed by atoms with van der Waals surface area (Å²) < 4.78 is 10.7. The lowest BCUT2D eigenvalue weighted by Crippen LogP contribution is -1.97. The Labute approximate surface area is 112 Å². The van der Waals surface area contributed by atoms with E-state index in [4.69, 9.17) is 9.47 Å². The van der Waals surface area contributed by atoms with Crippen molar-refractivity contribution in [3.05, 3.63) is 30.1 Å². The van der Waals surface area contributed by atoms with E-state index in [1.165, 1.54) is 0 Å². The van der Waals surface area contributed by atoms with Crippen LogP contribution in [0.15, 0.2) is 24.5 Å². The molecule has 1 heterocycles. The Morgan fingerprint density at radius 3 is 2.16 bits per heavy atom. The van der Waals surface area contributed by atoms with E-state index >= 15 is 0 Å². The van der Waals surface area contributed by atoms with Crippen LogP contribution >= 0.6 is 0 Å². The van der Waals surface area contributed by atoms with Crippen LogP contribution in [0.3, 0.4) is 0 Å². The summed E-state index contributed by atoms with van der Waals surface area (Å²) in [7, 11) is 5.10. The molecule has 0 radical (unpaired) electrons. The van der Waals surface area contributed by atoms with Crippen molar-refractivity contribution in [1.29, 1.82) is 0 Å². The zero-order valence-electron chi connectivity index (χ0n) is 11.5. The maximum absolute atomic E-state index is 5.39. The summed E-state index contributed by atoms with van der Waals surface area (Å²) in [6.07, 6.45) is 3.46. The first-order valence-corrected chi connectivity index (χ1v) is 5.92. The Kier molecular flexibility index (Phi) is 3.85. The van der Waals surface area contributed by atoms with E-state index in [-0.39, 0.29) is 0 Å². The largest absolute Gasteiger partial charge is 0.496 e. The Hall–Kier alpha value is -2.30. The predicted molar refractivity (Wildman–Crippen MR) is 74.9 cm³/mol. The Morgan fingerprint density at radius 2 is 1.63 bits per heavy atom. The second kappa shape index (κ2) is 5.56. The van der Waals surface area contributed by atoms with Gasteiger partial charge in [0, 0.05) is 7.05 Å². The SMILES string of the molecule is CNc1cnc(-c2cc(OC)c(C)cc2OC)nc1. The lowest BCUT2D eigenvalue weighted by atomic mass is 10.1. The summed E-state index contributed by atoms with van der Waals surface area (Å²) in [5, 5.41) is 2.98. The molecule has 0 atom stereocenters. The molecule has 0 aliphatic rings. The number of aryl methyl sites for hydroxylation is 1. The maximum Gasteiger partial charge on any atom is 0.163 e. The first kappa shape index (κ1) is 13.1. The van der Waals surface area contributed by atoms with Crippen LogP contribution in [0.1, 0.15) is 5.56 Å². The number of methoxy groups -OCH3 is 2. The second-order valence-electron chi connectivity index (χ2n) is 4.07. The highest BCUT2D eigenvalue weighted by Crippen LogP contribution is 2.34. The van der Waals surface area contributed by atoms with E-state index in [0.29, 0.717) is 5.82 Å². The van der Waals surface area contributed by atoms with E-state index in [1.807, 2.05) is 26.1 Å². The topological polar surface area (TPSA) is 56.3 Å². The van der Waals surface area contributed by atoms with Crippen molar-refractivity contribution in [2.45, 2.75) is 6.92 Å². The van der Waals surface area contributed by atoms with Crippen molar-refractivity contribution in [3.8, 4) is 22.9 Å². The minimum absolute atomic E-state index is 0.606. The van der Waals surface area contributed by atoms with Gasteiger partial charge >= 0.3 is 0 Å². The average Bonchev–Trinajstić information content (AvgIpc) is 2.47. The fourth-order valence-corrected chi connectivity index (χ4v) is 1.82. The fraction of sp³-hybridized carbons (Fsp3) is 0.286. The van der Waals surface area contributed by atoms with Crippen LogP contribution in [0.4, 0.5) is 5.69 Å².